The van der Waals surface area contributed by atoms with Crippen molar-refractivity contribution in [3.63, 3.8) is 0 Å². The zero-order valence-electron chi connectivity index (χ0n) is 12.1. The molecule has 0 amide bonds. The van der Waals surface area contributed by atoms with Crippen LogP contribution in [0.4, 0.5) is 0 Å². The first-order valence-corrected chi connectivity index (χ1v) is 7.37. The zero-order chi connectivity index (χ0) is 13.4. The van der Waals surface area contributed by atoms with Crippen molar-refractivity contribution in [3.8, 4) is 5.75 Å². The molecule has 0 saturated heterocycles. The van der Waals surface area contributed by atoms with Gasteiger partial charge in [0.25, 0.3) is 0 Å². The quantitative estimate of drug-likeness (QED) is 0.717. The fourth-order valence-corrected chi connectivity index (χ4v) is 2.70. The number of rotatable bonds is 1. The number of hydrogen-bond acceptors (Lipinski definition) is 1. The molecule has 1 rings (SSSR count). The van der Waals surface area contributed by atoms with Gasteiger partial charge in [0.15, 0.2) is 0 Å². The van der Waals surface area contributed by atoms with Gasteiger partial charge in [-0.15, -0.1) is 0 Å². The molecule has 0 saturated carbocycles. The molecule has 1 aromatic carbocycles. The summed E-state index contributed by atoms with van der Waals surface area (Å²) in [6.45, 7) is 15.7. The predicted octanol–water partition coefficient (Wildman–Crippen LogP) is 4.43. The Labute approximate surface area is 133 Å². The molecule has 1 aromatic rings. The summed E-state index contributed by atoms with van der Waals surface area (Å²) < 4.78 is 5.82. The van der Waals surface area contributed by atoms with E-state index < -0.39 is 0 Å². The second-order valence-electron chi connectivity index (χ2n) is 6.79. The Morgan fingerprint density at radius 1 is 0.882 bits per heavy atom. The summed E-state index contributed by atoms with van der Waals surface area (Å²) in [5, 5.41) is 0. The van der Waals surface area contributed by atoms with Gasteiger partial charge in [0.05, 0.1) is 0 Å². The van der Waals surface area contributed by atoms with Crippen LogP contribution in [0.2, 0.25) is 0 Å². The summed E-state index contributed by atoms with van der Waals surface area (Å²) in [7, 11) is 0. The van der Waals surface area contributed by atoms with E-state index in [1.165, 1.54) is 16.7 Å². The van der Waals surface area contributed by atoms with Gasteiger partial charge in [0, 0.05) is 0 Å². The van der Waals surface area contributed by atoms with Gasteiger partial charge in [-0.25, -0.2) is 0 Å². The molecule has 0 aliphatic heterocycles. The van der Waals surface area contributed by atoms with E-state index in [1.807, 2.05) is 0 Å². The molecule has 93 valence electrons. The van der Waals surface area contributed by atoms with Crippen LogP contribution in [0.25, 0.3) is 0 Å². The van der Waals surface area contributed by atoms with Crippen LogP contribution in [0.1, 0.15) is 58.2 Å². The summed E-state index contributed by atoms with van der Waals surface area (Å²) in [4.78, 5) is 0. The maximum absolute atomic E-state index is 5.82. The second kappa shape index (κ2) is 5.16. The van der Waals surface area contributed by atoms with Gasteiger partial charge in [-0.1, -0.05) is 0 Å². The topological polar surface area (TPSA) is 9.23 Å². The number of benzene rings is 1. The van der Waals surface area contributed by atoms with Crippen LogP contribution in [0, 0.1) is 46.3 Å². The molecule has 1 nitrogen and oxygen atoms in total. The van der Waals surface area contributed by atoms with Crippen LogP contribution in [-0.2, 0) is 10.8 Å². The summed E-state index contributed by atoms with van der Waals surface area (Å²) >= 11 is 0.739. The van der Waals surface area contributed by atoms with Crippen molar-refractivity contribution in [2.45, 2.75) is 59.3 Å². The molecule has 0 unspecified atom stereocenters. The minimum atomic E-state index is 0.131. The van der Waals surface area contributed by atoms with E-state index >= 15 is 0 Å². The Balaban J connectivity index is 3.58. The van der Waals surface area contributed by atoms with Crippen LogP contribution in [0.3, 0.4) is 0 Å². The van der Waals surface area contributed by atoms with Crippen LogP contribution in [-0.4, -0.2) is 0 Å². The first-order valence-electron chi connectivity index (χ1n) is 6.06. The predicted molar refractivity (Wildman–Crippen MR) is 69.2 cm³/mol. The first-order chi connectivity index (χ1) is 7.57. The average Bonchev–Trinajstić information content (AvgIpc) is 2.13. The SMILES string of the molecule is Cc1cc(C(C)(C)C)c([O][Nd])c(C(C)(C)C)c1. The Morgan fingerprint density at radius 2 is 1.24 bits per heavy atom. The van der Waals surface area contributed by atoms with Crippen molar-refractivity contribution in [1.82, 2.24) is 0 Å². The minimum absolute atomic E-state index is 0.131. The molecule has 0 atom stereocenters. The summed E-state index contributed by atoms with van der Waals surface area (Å²) in [6, 6.07) is 4.53. The van der Waals surface area contributed by atoms with Crippen molar-refractivity contribution in [1.29, 1.82) is 0 Å². The van der Waals surface area contributed by atoms with Gasteiger partial charge in [-0.05, 0) is 0 Å². The second-order valence-corrected chi connectivity index (χ2v) is 7.45. The van der Waals surface area contributed by atoms with Crippen molar-refractivity contribution in [2.24, 2.45) is 0 Å². The van der Waals surface area contributed by atoms with E-state index in [-0.39, 0.29) is 10.8 Å². The monoisotopic (exact) mass is 361 g/mol. The normalized spacial score (nSPS) is 12.6. The van der Waals surface area contributed by atoms with Crippen molar-refractivity contribution < 1.29 is 40.4 Å². The number of aryl methyl sites for hydroxylation is 1. The van der Waals surface area contributed by atoms with Crippen LogP contribution in [0.5, 0.6) is 5.75 Å². The standard InChI is InChI=1S/C15H24O.Nd/c1-10-8-11(14(2,3)4)13(16)12(9-10)15(5,6)7;/h8-9,16H,1-7H3;/q;+1/p-1. The van der Waals surface area contributed by atoms with Crippen molar-refractivity contribution in [2.75, 3.05) is 0 Å². The molecule has 0 spiro atoms. The van der Waals surface area contributed by atoms with Gasteiger partial charge in [0.1, 0.15) is 0 Å². The van der Waals surface area contributed by atoms with E-state index in [4.69, 9.17) is 1.06 Å². The first kappa shape index (κ1) is 15.4. The van der Waals surface area contributed by atoms with Gasteiger partial charge in [0.2, 0.25) is 0 Å². The molecule has 0 bridgehead atoms. The van der Waals surface area contributed by atoms with Gasteiger partial charge in [-0.3, -0.25) is 0 Å². The maximum atomic E-state index is 5.82. The molecule has 0 radical (unpaired) electrons. The molecule has 2 heteroatoms. The average molecular weight is 364 g/mol. The van der Waals surface area contributed by atoms with Gasteiger partial charge in [-0.2, -0.15) is 0 Å². The summed E-state index contributed by atoms with van der Waals surface area (Å²) in [5.74, 6) is 1.11. The molecule has 0 aromatic heterocycles. The molecule has 0 fully saturated rings. The Hall–Kier alpha value is 0.371. The zero-order valence-corrected chi connectivity index (χ0v) is 15.3. The fraction of sp³-hybridized carbons (Fsp3) is 0.600. The van der Waals surface area contributed by atoms with Crippen molar-refractivity contribution in [3.05, 3.63) is 28.8 Å². The third-order valence-electron chi connectivity index (χ3n) is 2.95. The molecular weight excluding hydrogens is 340 g/mol. The van der Waals surface area contributed by atoms with Crippen molar-refractivity contribution >= 4 is 0 Å². The number of hydrogen-bond donors (Lipinski definition) is 0. The Bertz CT molecular complexity index is 373. The summed E-state index contributed by atoms with van der Waals surface area (Å²) in [5.41, 5.74) is 4.24. The van der Waals surface area contributed by atoms with E-state index in [2.05, 4.69) is 60.6 Å². The molecule has 17 heavy (non-hydrogen) atoms. The molecule has 0 aliphatic rings. The van der Waals surface area contributed by atoms with E-state index in [9.17, 15) is 0 Å². The van der Waals surface area contributed by atoms with E-state index in [0.29, 0.717) is 0 Å². The Morgan fingerprint density at radius 3 is 1.47 bits per heavy atom. The van der Waals surface area contributed by atoms with E-state index in [0.717, 1.165) is 45.1 Å². The van der Waals surface area contributed by atoms with E-state index in [1.54, 1.807) is 0 Å². The molecule has 0 aliphatic carbocycles. The fourth-order valence-electron chi connectivity index (χ4n) is 2.00. The third-order valence-corrected chi connectivity index (χ3v) is 3.61. The third kappa shape index (κ3) is 3.67. The molecule has 0 N–H and O–H groups in total. The Kier molecular flexibility index (Phi) is 4.69. The van der Waals surface area contributed by atoms with Crippen LogP contribution < -0.4 is 1.06 Å². The summed E-state index contributed by atoms with van der Waals surface area (Å²) in [6.07, 6.45) is 0. The van der Waals surface area contributed by atoms with Gasteiger partial charge >= 0.3 is 134 Å². The van der Waals surface area contributed by atoms with Gasteiger partial charge < -0.3 is 0 Å². The van der Waals surface area contributed by atoms with Crippen LogP contribution in [0.15, 0.2) is 12.1 Å². The molecule has 0 heterocycles. The molecular formula is C15H23NdO. The van der Waals surface area contributed by atoms with Crippen LogP contribution >= 0.6 is 0 Å².